The Kier molecular flexibility index (Phi) is 8.09. The third kappa shape index (κ3) is 5.86. The standard InChI is InChI=1S/C24H32N2O4S/c1-3-4-18-30-23-13-9-8-12-22(23)24(27)25-19-14-16-21(17-15-19)31(28,29)26(2)20-10-6-5-7-11-20/h8-9,12-17,20H,3-7,10-11,18H2,1-2H3,(H,25,27). The lowest BCUT2D eigenvalue weighted by Crippen LogP contribution is -2.38. The highest BCUT2D eigenvalue weighted by atomic mass is 32.2. The van der Waals surface area contributed by atoms with Crippen LogP contribution in [0.5, 0.6) is 5.75 Å². The van der Waals surface area contributed by atoms with Crippen molar-refractivity contribution in [2.24, 2.45) is 0 Å². The molecular formula is C24H32N2O4S. The molecule has 1 N–H and O–H groups in total. The number of rotatable bonds is 9. The van der Waals surface area contributed by atoms with Crippen LogP contribution in [0.1, 0.15) is 62.2 Å². The maximum Gasteiger partial charge on any atom is 0.259 e. The van der Waals surface area contributed by atoms with Gasteiger partial charge < -0.3 is 10.1 Å². The van der Waals surface area contributed by atoms with Crippen molar-refractivity contribution in [3.05, 3.63) is 54.1 Å². The number of unbranched alkanes of at least 4 members (excludes halogenated alkanes) is 1. The number of carbonyl (C=O) groups is 1. The second-order valence-electron chi connectivity index (χ2n) is 7.99. The zero-order chi connectivity index (χ0) is 22.3. The van der Waals surface area contributed by atoms with Gasteiger partial charge in [0.2, 0.25) is 10.0 Å². The summed E-state index contributed by atoms with van der Waals surface area (Å²) in [5.74, 6) is 0.254. The van der Waals surface area contributed by atoms with Crippen molar-refractivity contribution < 1.29 is 17.9 Å². The fraction of sp³-hybridized carbons (Fsp3) is 0.458. The van der Waals surface area contributed by atoms with Crippen molar-refractivity contribution in [2.45, 2.75) is 62.8 Å². The van der Waals surface area contributed by atoms with Gasteiger partial charge in [-0.1, -0.05) is 44.7 Å². The molecule has 0 saturated heterocycles. The monoisotopic (exact) mass is 444 g/mol. The van der Waals surface area contributed by atoms with Gasteiger partial charge in [-0.2, -0.15) is 4.31 Å². The smallest absolute Gasteiger partial charge is 0.259 e. The number of nitrogens with one attached hydrogen (secondary N) is 1. The Morgan fingerprint density at radius 3 is 2.42 bits per heavy atom. The number of hydrogen-bond donors (Lipinski definition) is 1. The second-order valence-corrected chi connectivity index (χ2v) is 9.99. The van der Waals surface area contributed by atoms with E-state index in [1.54, 1.807) is 49.5 Å². The Labute approximate surface area is 185 Å². The predicted octanol–water partition coefficient (Wildman–Crippen LogP) is 5.07. The molecule has 0 aromatic heterocycles. The van der Waals surface area contributed by atoms with E-state index in [1.165, 1.54) is 10.7 Å². The molecular weight excluding hydrogens is 412 g/mol. The van der Waals surface area contributed by atoms with E-state index in [4.69, 9.17) is 4.74 Å². The molecule has 1 amide bonds. The van der Waals surface area contributed by atoms with E-state index >= 15 is 0 Å². The van der Waals surface area contributed by atoms with Crippen molar-refractivity contribution in [2.75, 3.05) is 19.0 Å². The average molecular weight is 445 g/mol. The number of sulfonamides is 1. The lowest BCUT2D eigenvalue weighted by Gasteiger charge is -2.30. The molecule has 0 bridgehead atoms. The minimum absolute atomic E-state index is 0.0577. The SMILES string of the molecule is CCCCOc1ccccc1C(=O)Nc1ccc(S(=O)(=O)N(C)C2CCCCC2)cc1. The lowest BCUT2D eigenvalue weighted by atomic mass is 9.96. The number of hydrogen-bond acceptors (Lipinski definition) is 4. The molecule has 3 rings (SSSR count). The Balaban J connectivity index is 1.69. The molecule has 0 atom stereocenters. The minimum Gasteiger partial charge on any atom is -0.493 e. The summed E-state index contributed by atoms with van der Waals surface area (Å²) in [6.45, 7) is 2.64. The first-order valence-electron chi connectivity index (χ1n) is 11.0. The number of para-hydroxylation sites is 1. The van der Waals surface area contributed by atoms with Crippen LogP contribution in [-0.2, 0) is 10.0 Å². The van der Waals surface area contributed by atoms with Crippen LogP contribution < -0.4 is 10.1 Å². The summed E-state index contributed by atoms with van der Waals surface area (Å²) in [6, 6.07) is 13.5. The summed E-state index contributed by atoms with van der Waals surface area (Å²) in [4.78, 5) is 13.0. The highest BCUT2D eigenvalue weighted by molar-refractivity contribution is 7.89. The molecule has 1 fully saturated rings. The number of amides is 1. The molecule has 7 heteroatoms. The maximum absolute atomic E-state index is 13.0. The van der Waals surface area contributed by atoms with E-state index in [0.29, 0.717) is 23.6 Å². The van der Waals surface area contributed by atoms with Crippen molar-refractivity contribution >= 4 is 21.6 Å². The Morgan fingerprint density at radius 2 is 1.74 bits per heavy atom. The normalized spacial score (nSPS) is 15.1. The topological polar surface area (TPSA) is 75.7 Å². The molecule has 0 unspecified atom stereocenters. The Hall–Kier alpha value is -2.38. The van der Waals surface area contributed by atoms with Gasteiger partial charge in [-0.15, -0.1) is 0 Å². The van der Waals surface area contributed by atoms with Crippen molar-refractivity contribution in [3.8, 4) is 5.75 Å². The molecule has 2 aromatic rings. The van der Waals surface area contributed by atoms with E-state index in [1.807, 2.05) is 6.07 Å². The first-order chi connectivity index (χ1) is 14.9. The predicted molar refractivity (Wildman–Crippen MR) is 123 cm³/mol. The van der Waals surface area contributed by atoms with Gasteiger partial charge in [0.1, 0.15) is 5.75 Å². The van der Waals surface area contributed by atoms with E-state index < -0.39 is 10.0 Å². The molecule has 1 saturated carbocycles. The van der Waals surface area contributed by atoms with Crippen molar-refractivity contribution in [1.29, 1.82) is 0 Å². The fourth-order valence-corrected chi connectivity index (χ4v) is 5.24. The van der Waals surface area contributed by atoms with Gasteiger partial charge >= 0.3 is 0 Å². The average Bonchev–Trinajstić information content (AvgIpc) is 2.80. The van der Waals surface area contributed by atoms with Crippen LogP contribution in [0.25, 0.3) is 0 Å². The Morgan fingerprint density at radius 1 is 1.06 bits per heavy atom. The summed E-state index contributed by atoms with van der Waals surface area (Å²) >= 11 is 0. The molecule has 1 aliphatic carbocycles. The molecule has 0 heterocycles. The van der Waals surface area contributed by atoms with Crippen LogP contribution in [-0.4, -0.2) is 38.3 Å². The Bertz CT molecular complexity index is 967. The number of nitrogens with zero attached hydrogens (tertiary/aromatic N) is 1. The van der Waals surface area contributed by atoms with E-state index in [2.05, 4.69) is 12.2 Å². The largest absolute Gasteiger partial charge is 0.493 e. The maximum atomic E-state index is 13.0. The van der Waals surface area contributed by atoms with E-state index in [0.717, 1.165) is 38.5 Å². The third-order valence-electron chi connectivity index (χ3n) is 5.77. The van der Waals surface area contributed by atoms with Crippen molar-refractivity contribution in [1.82, 2.24) is 4.31 Å². The van der Waals surface area contributed by atoms with Gasteiger partial charge in [0.25, 0.3) is 5.91 Å². The molecule has 31 heavy (non-hydrogen) atoms. The molecule has 2 aromatic carbocycles. The molecule has 168 valence electrons. The van der Waals surface area contributed by atoms with Gasteiger partial charge in [0, 0.05) is 18.8 Å². The van der Waals surface area contributed by atoms with E-state index in [-0.39, 0.29) is 16.8 Å². The molecule has 0 aliphatic heterocycles. The quantitative estimate of drug-likeness (QED) is 0.548. The zero-order valence-corrected chi connectivity index (χ0v) is 19.2. The molecule has 0 radical (unpaired) electrons. The first kappa shape index (κ1) is 23.3. The highest BCUT2D eigenvalue weighted by Gasteiger charge is 2.29. The molecule has 0 spiro atoms. The van der Waals surface area contributed by atoms with Gasteiger partial charge in [0.05, 0.1) is 17.1 Å². The highest BCUT2D eigenvalue weighted by Crippen LogP contribution is 2.27. The number of ether oxygens (including phenoxy) is 1. The van der Waals surface area contributed by atoms with Crippen LogP contribution in [0.3, 0.4) is 0 Å². The number of anilines is 1. The lowest BCUT2D eigenvalue weighted by molar-refractivity contribution is 0.102. The summed E-state index contributed by atoms with van der Waals surface area (Å²) in [6.07, 6.45) is 7.05. The summed E-state index contributed by atoms with van der Waals surface area (Å²) < 4.78 is 33.2. The van der Waals surface area contributed by atoms with Gasteiger partial charge in [-0.05, 0) is 55.7 Å². The molecule has 1 aliphatic rings. The third-order valence-corrected chi connectivity index (χ3v) is 7.69. The van der Waals surface area contributed by atoms with Gasteiger partial charge in [-0.3, -0.25) is 4.79 Å². The zero-order valence-electron chi connectivity index (χ0n) is 18.3. The molecule has 6 nitrogen and oxygen atoms in total. The van der Waals surface area contributed by atoms with Crippen LogP contribution in [0.2, 0.25) is 0 Å². The van der Waals surface area contributed by atoms with Crippen LogP contribution in [0.15, 0.2) is 53.4 Å². The van der Waals surface area contributed by atoms with Crippen molar-refractivity contribution in [3.63, 3.8) is 0 Å². The summed E-state index contributed by atoms with van der Waals surface area (Å²) in [5, 5.41) is 2.83. The van der Waals surface area contributed by atoms with Crippen LogP contribution >= 0.6 is 0 Å². The van der Waals surface area contributed by atoms with Crippen LogP contribution in [0.4, 0.5) is 5.69 Å². The summed E-state index contributed by atoms with van der Waals surface area (Å²) in [7, 11) is -1.89. The number of carbonyl (C=O) groups excluding carboxylic acids is 1. The van der Waals surface area contributed by atoms with Gasteiger partial charge in [0.15, 0.2) is 0 Å². The first-order valence-corrected chi connectivity index (χ1v) is 12.5. The second kappa shape index (κ2) is 10.8. The van der Waals surface area contributed by atoms with Crippen LogP contribution in [0, 0.1) is 0 Å². The van der Waals surface area contributed by atoms with Gasteiger partial charge in [-0.25, -0.2) is 8.42 Å². The van der Waals surface area contributed by atoms with E-state index in [9.17, 15) is 13.2 Å². The fourth-order valence-electron chi connectivity index (χ4n) is 3.82. The number of benzene rings is 2. The minimum atomic E-state index is -3.55. The summed E-state index contributed by atoms with van der Waals surface area (Å²) in [5.41, 5.74) is 0.986.